The van der Waals surface area contributed by atoms with Gasteiger partial charge in [-0.1, -0.05) is 30.3 Å². The lowest BCUT2D eigenvalue weighted by molar-refractivity contribution is -0.143. The highest BCUT2D eigenvalue weighted by molar-refractivity contribution is 5.75. The summed E-state index contributed by atoms with van der Waals surface area (Å²) in [5.41, 5.74) is 1.40. The van der Waals surface area contributed by atoms with Crippen molar-refractivity contribution in [2.75, 3.05) is 13.1 Å². The summed E-state index contributed by atoms with van der Waals surface area (Å²) < 4.78 is 19.2. The van der Waals surface area contributed by atoms with E-state index in [1.165, 1.54) is 6.07 Å². The van der Waals surface area contributed by atoms with Gasteiger partial charge in [-0.25, -0.2) is 9.18 Å². The molecule has 0 aliphatic carbocycles. The summed E-state index contributed by atoms with van der Waals surface area (Å²) >= 11 is 0. The Labute approximate surface area is 162 Å². The molecule has 0 saturated carbocycles. The summed E-state index contributed by atoms with van der Waals surface area (Å²) in [4.78, 5) is 24.8. The number of carboxylic acids is 1. The largest absolute Gasteiger partial charge is 0.489 e. The molecule has 7 heteroatoms. The van der Waals surface area contributed by atoms with Gasteiger partial charge in [-0.2, -0.15) is 0 Å². The van der Waals surface area contributed by atoms with E-state index < -0.39 is 5.97 Å². The van der Waals surface area contributed by atoms with E-state index in [-0.39, 0.29) is 24.4 Å². The SMILES string of the molecule is O=C(O)C1CCN(C(=O)NCc2ccc(OCc3ccccc3F)cc2)CC1. The Kier molecular flexibility index (Phi) is 6.47. The second-order valence-corrected chi connectivity index (χ2v) is 6.78. The summed E-state index contributed by atoms with van der Waals surface area (Å²) in [6.45, 7) is 1.41. The van der Waals surface area contributed by atoms with Crippen LogP contribution in [0.4, 0.5) is 9.18 Å². The van der Waals surface area contributed by atoms with Gasteiger partial charge in [0.25, 0.3) is 0 Å². The lowest BCUT2D eigenvalue weighted by atomic mass is 9.97. The molecule has 0 aromatic heterocycles. The van der Waals surface area contributed by atoms with Gasteiger partial charge in [-0.3, -0.25) is 4.79 Å². The Balaban J connectivity index is 1.44. The van der Waals surface area contributed by atoms with Crippen molar-refractivity contribution >= 4 is 12.0 Å². The minimum Gasteiger partial charge on any atom is -0.489 e. The quantitative estimate of drug-likeness (QED) is 0.797. The van der Waals surface area contributed by atoms with Crippen LogP contribution in [-0.2, 0) is 17.9 Å². The molecule has 3 rings (SSSR count). The molecule has 6 nitrogen and oxygen atoms in total. The molecule has 0 radical (unpaired) electrons. The van der Waals surface area contributed by atoms with Gasteiger partial charge in [-0.05, 0) is 36.6 Å². The molecule has 1 saturated heterocycles. The Morgan fingerprint density at radius 3 is 2.43 bits per heavy atom. The lowest BCUT2D eigenvalue weighted by Crippen LogP contribution is -2.45. The van der Waals surface area contributed by atoms with Gasteiger partial charge in [0.2, 0.25) is 0 Å². The number of hydrogen-bond donors (Lipinski definition) is 2. The first-order valence-electron chi connectivity index (χ1n) is 9.23. The van der Waals surface area contributed by atoms with Crippen LogP contribution in [0.1, 0.15) is 24.0 Å². The second kappa shape index (κ2) is 9.21. The highest BCUT2D eigenvalue weighted by Gasteiger charge is 2.26. The van der Waals surface area contributed by atoms with Crippen molar-refractivity contribution in [3.05, 3.63) is 65.5 Å². The van der Waals surface area contributed by atoms with Crippen molar-refractivity contribution in [2.45, 2.75) is 26.0 Å². The number of halogens is 1. The fraction of sp³-hybridized carbons (Fsp3) is 0.333. The number of nitrogens with zero attached hydrogens (tertiary/aromatic N) is 1. The number of ether oxygens (including phenoxy) is 1. The van der Waals surface area contributed by atoms with E-state index in [9.17, 15) is 14.0 Å². The highest BCUT2D eigenvalue weighted by atomic mass is 19.1. The van der Waals surface area contributed by atoms with Gasteiger partial charge >= 0.3 is 12.0 Å². The predicted molar refractivity (Wildman–Crippen MR) is 101 cm³/mol. The molecule has 2 amide bonds. The Morgan fingerprint density at radius 2 is 1.79 bits per heavy atom. The molecule has 1 heterocycles. The number of carboxylic acid groups (broad SMARTS) is 1. The van der Waals surface area contributed by atoms with Crippen molar-refractivity contribution in [3.63, 3.8) is 0 Å². The minimum absolute atomic E-state index is 0.148. The fourth-order valence-corrected chi connectivity index (χ4v) is 3.10. The van der Waals surface area contributed by atoms with E-state index in [1.54, 1.807) is 35.2 Å². The number of urea groups is 1. The van der Waals surface area contributed by atoms with E-state index in [1.807, 2.05) is 12.1 Å². The number of amides is 2. The average molecular weight is 386 g/mol. The molecule has 0 atom stereocenters. The van der Waals surface area contributed by atoms with E-state index in [0.29, 0.717) is 43.8 Å². The van der Waals surface area contributed by atoms with Crippen LogP contribution < -0.4 is 10.1 Å². The molecule has 148 valence electrons. The first-order valence-corrected chi connectivity index (χ1v) is 9.23. The number of nitrogens with one attached hydrogen (secondary N) is 1. The Morgan fingerprint density at radius 1 is 1.11 bits per heavy atom. The van der Waals surface area contributed by atoms with Crippen molar-refractivity contribution in [3.8, 4) is 5.75 Å². The second-order valence-electron chi connectivity index (χ2n) is 6.78. The zero-order chi connectivity index (χ0) is 19.9. The van der Waals surface area contributed by atoms with Crippen molar-refractivity contribution in [2.24, 2.45) is 5.92 Å². The first-order chi connectivity index (χ1) is 13.5. The maximum atomic E-state index is 13.6. The smallest absolute Gasteiger partial charge is 0.317 e. The molecule has 0 unspecified atom stereocenters. The van der Waals surface area contributed by atoms with Crippen LogP contribution in [0.5, 0.6) is 5.75 Å². The van der Waals surface area contributed by atoms with Crippen LogP contribution in [0.3, 0.4) is 0 Å². The molecule has 2 aromatic rings. The van der Waals surface area contributed by atoms with Gasteiger partial charge in [0.1, 0.15) is 18.2 Å². The molecule has 1 aliphatic rings. The molecule has 2 N–H and O–H groups in total. The maximum Gasteiger partial charge on any atom is 0.317 e. The van der Waals surface area contributed by atoms with Crippen LogP contribution in [-0.4, -0.2) is 35.1 Å². The van der Waals surface area contributed by atoms with Crippen LogP contribution in [0.15, 0.2) is 48.5 Å². The first kappa shape index (κ1) is 19.7. The molecule has 28 heavy (non-hydrogen) atoms. The van der Waals surface area contributed by atoms with E-state index in [2.05, 4.69) is 5.32 Å². The Hall–Kier alpha value is -3.09. The standard InChI is InChI=1S/C21H23FN2O4/c22-19-4-2-1-3-17(19)14-28-18-7-5-15(6-8-18)13-23-21(27)24-11-9-16(10-12-24)20(25)26/h1-8,16H,9-14H2,(H,23,27)(H,25,26). The zero-order valence-corrected chi connectivity index (χ0v) is 15.4. The van der Waals surface area contributed by atoms with Gasteiger partial charge in [0, 0.05) is 25.2 Å². The van der Waals surface area contributed by atoms with Gasteiger partial charge in [-0.15, -0.1) is 0 Å². The van der Waals surface area contributed by atoms with Gasteiger partial charge in [0.15, 0.2) is 0 Å². The number of likely N-dealkylation sites (tertiary alicyclic amines) is 1. The third kappa shape index (κ3) is 5.22. The van der Waals surface area contributed by atoms with Gasteiger partial charge in [0.05, 0.1) is 5.92 Å². The molecular weight excluding hydrogens is 363 g/mol. The fourth-order valence-electron chi connectivity index (χ4n) is 3.10. The number of rotatable bonds is 6. The monoisotopic (exact) mass is 386 g/mol. The molecule has 1 fully saturated rings. The third-order valence-electron chi connectivity index (χ3n) is 4.85. The summed E-state index contributed by atoms with van der Waals surface area (Å²) in [7, 11) is 0. The zero-order valence-electron chi connectivity index (χ0n) is 15.4. The lowest BCUT2D eigenvalue weighted by Gasteiger charge is -2.30. The molecule has 1 aliphatic heterocycles. The summed E-state index contributed by atoms with van der Waals surface area (Å²) in [5, 5.41) is 11.9. The summed E-state index contributed by atoms with van der Waals surface area (Å²) in [6.07, 6.45) is 0.966. The minimum atomic E-state index is -0.794. The van der Waals surface area contributed by atoms with Crippen LogP contribution >= 0.6 is 0 Å². The molecule has 0 bridgehead atoms. The number of aliphatic carboxylic acids is 1. The van der Waals surface area contributed by atoms with Crippen molar-refractivity contribution in [1.82, 2.24) is 10.2 Å². The van der Waals surface area contributed by atoms with Crippen LogP contribution in [0.2, 0.25) is 0 Å². The third-order valence-corrected chi connectivity index (χ3v) is 4.85. The van der Waals surface area contributed by atoms with Gasteiger partial charge < -0.3 is 20.1 Å². The number of carbonyl (C=O) groups excluding carboxylic acids is 1. The summed E-state index contributed by atoms with van der Waals surface area (Å²) in [5.74, 6) is -0.832. The average Bonchev–Trinajstić information content (AvgIpc) is 2.72. The van der Waals surface area contributed by atoms with Crippen molar-refractivity contribution in [1.29, 1.82) is 0 Å². The molecule has 2 aromatic carbocycles. The highest BCUT2D eigenvalue weighted by Crippen LogP contribution is 2.18. The van der Waals surface area contributed by atoms with Crippen molar-refractivity contribution < 1.29 is 23.8 Å². The normalized spacial score (nSPS) is 14.5. The summed E-state index contributed by atoms with van der Waals surface area (Å²) in [6, 6.07) is 13.5. The maximum absolute atomic E-state index is 13.6. The topological polar surface area (TPSA) is 78.9 Å². The molecule has 0 spiro atoms. The predicted octanol–water partition coefficient (Wildman–Crippen LogP) is 3.41. The van der Waals surface area contributed by atoms with Crippen LogP contribution in [0.25, 0.3) is 0 Å². The number of benzene rings is 2. The number of hydrogen-bond acceptors (Lipinski definition) is 3. The Bertz CT molecular complexity index is 817. The number of carbonyl (C=O) groups is 2. The van der Waals surface area contributed by atoms with Crippen LogP contribution in [0, 0.1) is 11.7 Å². The van der Waals surface area contributed by atoms with E-state index >= 15 is 0 Å². The van der Waals surface area contributed by atoms with E-state index in [4.69, 9.17) is 9.84 Å². The van der Waals surface area contributed by atoms with E-state index in [0.717, 1.165) is 5.56 Å². The number of piperidine rings is 1. The molecular formula is C21H23FN2O4.